The van der Waals surface area contributed by atoms with Crippen molar-refractivity contribution in [1.82, 2.24) is 0 Å². The number of ether oxygens (including phenoxy) is 1. The fourth-order valence-electron chi connectivity index (χ4n) is 0.588. The van der Waals surface area contributed by atoms with Gasteiger partial charge in [-0.25, -0.2) is 0 Å². The Balaban J connectivity index is 2.91. The van der Waals surface area contributed by atoms with E-state index in [1.807, 2.05) is 6.92 Å². The monoisotopic (exact) mass is 145 g/mol. The van der Waals surface area contributed by atoms with Crippen molar-refractivity contribution in [2.75, 3.05) is 13.2 Å². The second-order valence-corrected chi connectivity index (χ2v) is 3.23. The Hall–Kier alpha value is -0.0800. The third-order valence-corrected chi connectivity index (χ3v) is 1.22. The van der Waals surface area contributed by atoms with Crippen LogP contribution in [0.5, 0.6) is 0 Å². The molecule has 1 atom stereocenters. The van der Waals surface area contributed by atoms with Gasteiger partial charge in [0.15, 0.2) is 0 Å². The quantitative estimate of drug-likeness (QED) is 0.593. The normalized spacial score (nSPS) is 14.1. The molecule has 2 N–H and O–H groups in total. The first-order chi connectivity index (χ1) is 4.63. The first kappa shape index (κ1) is 9.92. The van der Waals surface area contributed by atoms with E-state index >= 15 is 0 Å². The van der Waals surface area contributed by atoms with Crippen molar-refractivity contribution in [3.8, 4) is 0 Å². The highest BCUT2D eigenvalue weighted by Gasteiger charge is 1.95. The molecule has 0 aliphatic carbocycles. The highest BCUT2D eigenvalue weighted by Crippen LogP contribution is 1.98. The summed E-state index contributed by atoms with van der Waals surface area (Å²) >= 11 is 0. The van der Waals surface area contributed by atoms with Gasteiger partial charge in [0.25, 0.3) is 0 Å². The van der Waals surface area contributed by atoms with Gasteiger partial charge in [0.2, 0.25) is 0 Å². The summed E-state index contributed by atoms with van der Waals surface area (Å²) < 4.78 is 5.28. The number of hydrogen-bond acceptors (Lipinski definition) is 2. The van der Waals surface area contributed by atoms with Gasteiger partial charge in [0.1, 0.15) is 0 Å². The molecule has 0 saturated carbocycles. The lowest BCUT2D eigenvalue weighted by atomic mass is 10.1. The van der Waals surface area contributed by atoms with E-state index in [4.69, 9.17) is 10.5 Å². The first-order valence-electron chi connectivity index (χ1n) is 3.96. The van der Waals surface area contributed by atoms with Gasteiger partial charge in [-0.1, -0.05) is 13.8 Å². The predicted molar refractivity (Wildman–Crippen MR) is 43.9 cm³/mol. The Bertz CT molecular complexity index is 61.7. The highest BCUT2D eigenvalue weighted by atomic mass is 16.5. The van der Waals surface area contributed by atoms with Crippen LogP contribution >= 0.6 is 0 Å². The summed E-state index contributed by atoms with van der Waals surface area (Å²) in [6, 6.07) is 0.173. The molecule has 0 aromatic carbocycles. The standard InChI is InChI=1S/C8H19NO/c1-7(2)4-5-10-6-8(3)9/h7-8H,4-6,9H2,1-3H3/t8-/m0/s1. The lowest BCUT2D eigenvalue weighted by Crippen LogP contribution is -2.22. The molecule has 0 saturated heterocycles. The number of hydrogen-bond donors (Lipinski definition) is 1. The van der Waals surface area contributed by atoms with Crippen LogP contribution in [0.4, 0.5) is 0 Å². The van der Waals surface area contributed by atoms with E-state index in [1.165, 1.54) is 0 Å². The molecule has 0 amide bonds. The van der Waals surface area contributed by atoms with Crippen LogP contribution in [-0.2, 0) is 4.74 Å². The lowest BCUT2D eigenvalue weighted by Gasteiger charge is -2.07. The first-order valence-corrected chi connectivity index (χ1v) is 3.96. The third kappa shape index (κ3) is 7.92. The van der Waals surface area contributed by atoms with Gasteiger partial charge >= 0.3 is 0 Å². The zero-order valence-corrected chi connectivity index (χ0v) is 7.26. The smallest absolute Gasteiger partial charge is 0.0614 e. The Morgan fingerprint density at radius 3 is 2.30 bits per heavy atom. The van der Waals surface area contributed by atoms with Crippen molar-refractivity contribution in [2.45, 2.75) is 33.2 Å². The minimum Gasteiger partial charge on any atom is -0.380 e. The number of nitrogens with two attached hydrogens (primary N) is 1. The van der Waals surface area contributed by atoms with Crippen LogP contribution < -0.4 is 5.73 Å². The summed E-state index contributed by atoms with van der Waals surface area (Å²) in [5.74, 6) is 0.730. The maximum atomic E-state index is 5.48. The van der Waals surface area contributed by atoms with Gasteiger partial charge in [-0.15, -0.1) is 0 Å². The van der Waals surface area contributed by atoms with E-state index < -0.39 is 0 Å². The maximum Gasteiger partial charge on any atom is 0.0614 e. The van der Waals surface area contributed by atoms with E-state index in [0.717, 1.165) is 18.9 Å². The van der Waals surface area contributed by atoms with Crippen LogP contribution in [0.1, 0.15) is 27.2 Å². The average Bonchev–Trinajstić information content (AvgIpc) is 1.79. The zero-order valence-electron chi connectivity index (χ0n) is 7.26. The molecule has 0 heterocycles. The van der Waals surface area contributed by atoms with E-state index in [0.29, 0.717) is 6.61 Å². The Kier molecular flexibility index (Phi) is 5.64. The molecule has 0 aliphatic rings. The third-order valence-electron chi connectivity index (χ3n) is 1.22. The van der Waals surface area contributed by atoms with Gasteiger partial charge in [-0.2, -0.15) is 0 Å². The van der Waals surface area contributed by atoms with Gasteiger partial charge < -0.3 is 10.5 Å². The van der Waals surface area contributed by atoms with E-state index in [-0.39, 0.29) is 6.04 Å². The molecule has 0 radical (unpaired) electrons. The molecule has 0 spiro atoms. The van der Waals surface area contributed by atoms with Crippen molar-refractivity contribution in [1.29, 1.82) is 0 Å². The van der Waals surface area contributed by atoms with Crippen LogP contribution in [0.2, 0.25) is 0 Å². The molecular weight excluding hydrogens is 126 g/mol. The van der Waals surface area contributed by atoms with Crippen LogP contribution in [0.15, 0.2) is 0 Å². The maximum absolute atomic E-state index is 5.48. The van der Waals surface area contributed by atoms with Gasteiger partial charge in [-0.05, 0) is 19.3 Å². The molecule has 0 bridgehead atoms. The van der Waals surface area contributed by atoms with Crippen LogP contribution in [0.25, 0.3) is 0 Å². The SMILES string of the molecule is CC(C)CCOC[C@H](C)N. The van der Waals surface area contributed by atoms with Gasteiger partial charge in [0, 0.05) is 12.6 Å². The fourth-order valence-corrected chi connectivity index (χ4v) is 0.588. The molecule has 62 valence electrons. The molecule has 0 aliphatic heterocycles. The average molecular weight is 145 g/mol. The van der Waals surface area contributed by atoms with E-state index in [1.54, 1.807) is 0 Å². The summed E-state index contributed by atoms with van der Waals surface area (Å²) in [4.78, 5) is 0. The van der Waals surface area contributed by atoms with Gasteiger partial charge in [0.05, 0.1) is 6.61 Å². The summed E-state index contributed by atoms with van der Waals surface area (Å²) in [7, 11) is 0. The number of rotatable bonds is 5. The van der Waals surface area contributed by atoms with E-state index in [9.17, 15) is 0 Å². The summed E-state index contributed by atoms with van der Waals surface area (Å²) in [5, 5.41) is 0. The van der Waals surface area contributed by atoms with Crippen molar-refractivity contribution < 1.29 is 4.74 Å². The molecule has 2 heteroatoms. The topological polar surface area (TPSA) is 35.2 Å². The van der Waals surface area contributed by atoms with Crippen molar-refractivity contribution in [3.05, 3.63) is 0 Å². The zero-order chi connectivity index (χ0) is 7.98. The lowest BCUT2D eigenvalue weighted by molar-refractivity contribution is 0.114. The minimum atomic E-state index is 0.173. The molecule has 0 unspecified atom stereocenters. The molecular formula is C8H19NO. The van der Waals surface area contributed by atoms with Crippen LogP contribution in [0.3, 0.4) is 0 Å². The second-order valence-electron chi connectivity index (χ2n) is 3.23. The van der Waals surface area contributed by atoms with E-state index in [2.05, 4.69) is 13.8 Å². The molecule has 0 rings (SSSR count). The predicted octanol–water partition coefficient (Wildman–Crippen LogP) is 1.40. The molecule has 2 nitrogen and oxygen atoms in total. The second kappa shape index (κ2) is 5.69. The molecule has 10 heavy (non-hydrogen) atoms. The summed E-state index contributed by atoms with van der Waals surface area (Å²) in [5.41, 5.74) is 5.48. The fraction of sp³-hybridized carbons (Fsp3) is 1.00. The van der Waals surface area contributed by atoms with Crippen molar-refractivity contribution in [3.63, 3.8) is 0 Å². The highest BCUT2D eigenvalue weighted by molar-refractivity contribution is 4.49. The Morgan fingerprint density at radius 2 is 1.90 bits per heavy atom. The Morgan fingerprint density at radius 1 is 1.30 bits per heavy atom. The largest absolute Gasteiger partial charge is 0.380 e. The minimum absolute atomic E-state index is 0.173. The Labute approximate surface area is 63.7 Å². The van der Waals surface area contributed by atoms with Crippen LogP contribution in [-0.4, -0.2) is 19.3 Å². The summed E-state index contributed by atoms with van der Waals surface area (Å²) in [6.45, 7) is 7.87. The van der Waals surface area contributed by atoms with Crippen molar-refractivity contribution >= 4 is 0 Å². The van der Waals surface area contributed by atoms with Crippen molar-refractivity contribution in [2.24, 2.45) is 11.7 Å². The summed E-state index contributed by atoms with van der Waals surface area (Å²) in [6.07, 6.45) is 1.13. The molecule has 0 aromatic heterocycles. The molecule has 0 aromatic rings. The van der Waals surface area contributed by atoms with Gasteiger partial charge in [-0.3, -0.25) is 0 Å². The molecule has 0 fully saturated rings. The van der Waals surface area contributed by atoms with Crippen LogP contribution in [0, 0.1) is 5.92 Å².